The van der Waals surface area contributed by atoms with E-state index < -0.39 is 5.97 Å². The van der Waals surface area contributed by atoms with E-state index in [-0.39, 0.29) is 17.4 Å². The zero-order valence-corrected chi connectivity index (χ0v) is 14.7. The largest absolute Gasteiger partial charge is 0.480 e. The number of aliphatic carboxylic acids is 1. The molecule has 2 aliphatic rings. The van der Waals surface area contributed by atoms with Crippen molar-refractivity contribution in [3.05, 3.63) is 34.9 Å². The summed E-state index contributed by atoms with van der Waals surface area (Å²) in [6, 6.07) is 5.48. The number of carboxylic acids is 1. The van der Waals surface area contributed by atoms with Crippen molar-refractivity contribution in [1.82, 2.24) is 9.80 Å². The van der Waals surface area contributed by atoms with Crippen LogP contribution in [-0.2, 0) is 4.79 Å². The molecule has 2 heterocycles. The van der Waals surface area contributed by atoms with Gasteiger partial charge in [-0.15, -0.1) is 0 Å². The van der Waals surface area contributed by atoms with Gasteiger partial charge in [-0.05, 0) is 68.8 Å². The summed E-state index contributed by atoms with van der Waals surface area (Å²) in [5, 5.41) is 9.33. The summed E-state index contributed by atoms with van der Waals surface area (Å²) < 4.78 is 0. The Morgan fingerprint density at radius 1 is 1.17 bits per heavy atom. The SMILES string of the molecule is Cc1ccc(C(=O)N2CCC3(CC2)C[C@H](C(=O)O)N(C)C3)cc1C. The Hall–Kier alpha value is -1.88. The smallest absolute Gasteiger partial charge is 0.320 e. The molecule has 130 valence electrons. The molecule has 1 amide bonds. The number of amides is 1. The molecule has 1 aromatic carbocycles. The molecule has 0 radical (unpaired) electrons. The normalized spacial score (nSPS) is 23.6. The number of aryl methyl sites for hydroxylation is 2. The summed E-state index contributed by atoms with van der Waals surface area (Å²) in [4.78, 5) is 27.9. The van der Waals surface area contributed by atoms with Crippen molar-refractivity contribution in [2.24, 2.45) is 5.41 Å². The Labute approximate surface area is 143 Å². The van der Waals surface area contributed by atoms with Gasteiger partial charge in [-0.2, -0.15) is 0 Å². The fourth-order valence-corrected chi connectivity index (χ4v) is 4.15. The summed E-state index contributed by atoms with van der Waals surface area (Å²) in [7, 11) is 1.89. The molecule has 3 rings (SSSR count). The van der Waals surface area contributed by atoms with Gasteiger partial charge in [0.05, 0.1) is 0 Å². The molecule has 2 aliphatic heterocycles. The van der Waals surface area contributed by atoms with Gasteiger partial charge in [0.15, 0.2) is 0 Å². The van der Waals surface area contributed by atoms with E-state index in [2.05, 4.69) is 0 Å². The zero-order valence-electron chi connectivity index (χ0n) is 14.7. The van der Waals surface area contributed by atoms with Crippen molar-refractivity contribution in [2.75, 3.05) is 26.7 Å². The highest BCUT2D eigenvalue weighted by atomic mass is 16.4. The molecule has 0 bridgehead atoms. The molecule has 1 N–H and O–H groups in total. The maximum Gasteiger partial charge on any atom is 0.320 e. The first-order valence-corrected chi connectivity index (χ1v) is 8.61. The predicted octanol–water partition coefficient (Wildman–Crippen LogP) is 2.31. The second kappa shape index (κ2) is 6.20. The van der Waals surface area contributed by atoms with Crippen molar-refractivity contribution >= 4 is 11.9 Å². The van der Waals surface area contributed by atoms with E-state index >= 15 is 0 Å². The molecule has 1 aromatic rings. The molecule has 1 spiro atoms. The van der Waals surface area contributed by atoms with Crippen LogP contribution in [0.2, 0.25) is 0 Å². The maximum atomic E-state index is 12.7. The lowest BCUT2D eigenvalue weighted by atomic mass is 9.76. The minimum Gasteiger partial charge on any atom is -0.480 e. The average molecular weight is 330 g/mol. The third-order valence-electron chi connectivity index (χ3n) is 5.89. The van der Waals surface area contributed by atoms with Gasteiger partial charge in [-0.1, -0.05) is 6.07 Å². The molecule has 24 heavy (non-hydrogen) atoms. The van der Waals surface area contributed by atoms with Crippen LogP contribution in [-0.4, -0.2) is 59.5 Å². The first-order valence-electron chi connectivity index (χ1n) is 8.61. The van der Waals surface area contributed by atoms with Crippen molar-refractivity contribution < 1.29 is 14.7 Å². The number of hydrogen-bond donors (Lipinski definition) is 1. The van der Waals surface area contributed by atoms with Crippen LogP contribution >= 0.6 is 0 Å². The molecule has 2 fully saturated rings. The fourth-order valence-electron chi connectivity index (χ4n) is 4.15. The average Bonchev–Trinajstić information content (AvgIpc) is 2.87. The first-order chi connectivity index (χ1) is 11.3. The summed E-state index contributed by atoms with van der Waals surface area (Å²) in [5.41, 5.74) is 3.13. The fraction of sp³-hybridized carbons (Fsp3) is 0.579. The quantitative estimate of drug-likeness (QED) is 0.904. The molecule has 5 nitrogen and oxygen atoms in total. The highest BCUT2D eigenvalue weighted by Crippen LogP contribution is 2.43. The van der Waals surface area contributed by atoms with Gasteiger partial charge >= 0.3 is 5.97 Å². The van der Waals surface area contributed by atoms with Crippen LogP contribution in [0, 0.1) is 19.3 Å². The monoisotopic (exact) mass is 330 g/mol. The lowest BCUT2D eigenvalue weighted by Gasteiger charge is -2.39. The Morgan fingerprint density at radius 2 is 1.83 bits per heavy atom. The van der Waals surface area contributed by atoms with Crippen molar-refractivity contribution in [2.45, 2.75) is 39.2 Å². The van der Waals surface area contributed by atoms with Crippen LogP contribution in [0.5, 0.6) is 0 Å². The van der Waals surface area contributed by atoms with Crippen LogP contribution < -0.4 is 0 Å². The van der Waals surface area contributed by atoms with E-state index in [1.807, 2.05) is 48.9 Å². The third kappa shape index (κ3) is 3.05. The number of hydrogen-bond acceptors (Lipinski definition) is 3. The number of likely N-dealkylation sites (tertiary alicyclic amines) is 2. The number of carbonyl (C=O) groups excluding carboxylic acids is 1. The predicted molar refractivity (Wildman–Crippen MR) is 92.2 cm³/mol. The molecule has 0 aliphatic carbocycles. The van der Waals surface area contributed by atoms with E-state index in [0.29, 0.717) is 19.5 Å². The van der Waals surface area contributed by atoms with Gasteiger partial charge in [-0.3, -0.25) is 14.5 Å². The third-order valence-corrected chi connectivity index (χ3v) is 5.89. The van der Waals surface area contributed by atoms with Crippen molar-refractivity contribution in [3.8, 4) is 0 Å². The van der Waals surface area contributed by atoms with E-state index in [0.717, 1.165) is 30.5 Å². The molecule has 0 unspecified atom stereocenters. The summed E-state index contributed by atoms with van der Waals surface area (Å²) in [5.74, 6) is -0.642. The summed E-state index contributed by atoms with van der Waals surface area (Å²) in [6.07, 6.45) is 2.47. The Morgan fingerprint density at radius 3 is 2.38 bits per heavy atom. The van der Waals surface area contributed by atoms with Crippen LogP contribution in [0.4, 0.5) is 0 Å². The first kappa shape index (κ1) is 17.0. The second-order valence-electron chi connectivity index (χ2n) is 7.56. The van der Waals surface area contributed by atoms with Crippen LogP contribution in [0.25, 0.3) is 0 Å². The van der Waals surface area contributed by atoms with Crippen molar-refractivity contribution in [1.29, 1.82) is 0 Å². The lowest BCUT2D eigenvalue weighted by molar-refractivity contribution is -0.141. The molecular weight excluding hydrogens is 304 g/mol. The van der Waals surface area contributed by atoms with E-state index in [1.54, 1.807) is 0 Å². The number of carboxylic acid groups (broad SMARTS) is 1. The molecule has 1 atom stereocenters. The van der Waals surface area contributed by atoms with Crippen molar-refractivity contribution in [3.63, 3.8) is 0 Å². The van der Waals surface area contributed by atoms with Gasteiger partial charge in [0.2, 0.25) is 0 Å². The second-order valence-corrected chi connectivity index (χ2v) is 7.56. The van der Waals surface area contributed by atoms with Gasteiger partial charge in [0.25, 0.3) is 5.91 Å². The van der Waals surface area contributed by atoms with Gasteiger partial charge in [0, 0.05) is 25.2 Å². The number of piperidine rings is 1. The number of rotatable bonds is 2. The van der Waals surface area contributed by atoms with Gasteiger partial charge < -0.3 is 10.0 Å². The lowest BCUT2D eigenvalue weighted by Crippen LogP contribution is -2.44. The standard InChI is InChI=1S/C19H26N2O3/c1-13-4-5-15(10-14(13)2)17(22)21-8-6-19(7-9-21)11-16(18(23)24)20(3)12-19/h4-5,10,16H,6-9,11-12H2,1-3H3,(H,23,24)/t16-/m1/s1. The van der Waals surface area contributed by atoms with Crippen LogP contribution in [0.1, 0.15) is 40.7 Å². The maximum absolute atomic E-state index is 12.7. The van der Waals surface area contributed by atoms with Gasteiger partial charge in [-0.25, -0.2) is 0 Å². The number of carbonyl (C=O) groups is 2. The zero-order chi connectivity index (χ0) is 17.5. The summed E-state index contributed by atoms with van der Waals surface area (Å²) in [6.45, 7) is 6.31. The number of likely N-dealkylation sites (N-methyl/N-ethyl adjacent to an activating group) is 1. The van der Waals surface area contributed by atoms with Crippen LogP contribution in [0.3, 0.4) is 0 Å². The highest BCUT2D eigenvalue weighted by Gasteiger charge is 2.47. The molecule has 0 aromatic heterocycles. The minimum absolute atomic E-state index is 0.0534. The molecule has 5 heteroatoms. The molecule has 2 saturated heterocycles. The topological polar surface area (TPSA) is 60.9 Å². The van der Waals surface area contributed by atoms with E-state index in [9.17, 15) is 14.7 Å². The molecule has 0 saturated carbocycles. The number of benzene rings is 1. The number of nitrogens with zero attached hydrogens (tertiary/aromatic N) is 2. The van der Waals surface area contributed by atoms with Gasteiger partial charge in [0.1, 0.15) is 6.04 Å². The Balaban J connectivity index is 1.66. The minimum atomic E-state index is -0.733. The molecular formula is C19H26N2O3. The summed E-state index contributed by atoms with van der Waals surface area (Å²) >= 11 is 0. The van der Waals surface area contributed by atoms with E-state index in [4.69, 9.17) is 0 Å². The Kier molecular flexibility index (Phi) is 4.38. The Bertz CT molecular complexity index is 663. The van der Waals surface area contributed by atoms with Crippen LogP contribution in [0.15, 0.2) is 18.2 Å². The highest BCUT2D eigenvalue weighted by molar-refractivity contribution is 5.94. The van der Waals surface area contributed by atoms with E-state index in [1.165, 1.54) is 5.56 Å².